The molecule has 9 nitrogen and oxygen atoms in total. The molecule has 1 aliphatic rings. The van der Waals surface area contributed by atoms with Gasteiger partial charge in [0.25, 0.3) is 0 Å². The highest BCUT2D eigenvalue weighted by atomic mass is 16.7. The molecule has 0 aromatic carbocycles. The molecule has 0 aliphatic carbocycles. The van der Waals surface area contributed by atoms with Crippen LogP contribution in [0.2, 0.25) is 0 Å². The average Bonchev–Trinajstić information content (AvgIpc) is 3.42. The van der Waals surface area contributed by atoms with E-state index in [0.717, 1.165) is 38.5 Å². The van der Waals surface area contributed by atoms with Gasteiger partial charge < -0.3 is 40.3 Å². The Morgan fingerprint density at radius 3 is 1.07 bits per heavy atom. The fourth-order valence-electron chi connectivity index (χ4n) is 11.3. The van der Waals surface area contributed by atoms with Crippen molar-refractivity contribution in [3.8, 4) is 0 Å². The van der Waals surface area contributed by atoms with Crippen molar-refractivity contribution >= 4 is 5.91 Å². The highest BCUT2D eigenvalue weighted by Gasteiger charge is 2.44. The van der Waals surface area contributed by atoms with Gasteiger partial charge in [-0.3, -0.25) is 4.79 Å². The van der Waals surface area contributed by atoms with Gasteiger partial charge in [0.15, 0.2) is 6.29 Å². The van der Waals surface area contributed by atoms with E-state index in [9.17, 15) is 30.3 Å². The van der Waals surface area contributed by atoms with Crippen LogP contribution >= 0.6 is 0 Å². The standard InChI is InChI=1S/C67H131NO8/c1-3-5-7-9-11-13-15-17-19-20-21-22-23-24-25-26-27-28-29-30-31-32-33-34-35-36-37-38-39-40-41-42-43-45-47-49-51-53-55-57-63(71)68-60(59-75-67-66(74)65(73)64(72)62(58-69)76-67)61(70)56-54-52-50-48-46-44-18-16-14-12-10-8-6-4-2/h20-21,60-62,64-67,69-70,72-74H,3-19,22-59H2,1-2H3,(H,68,71)/b21-20-. The number of allylic oxidation sites excluding steroid dienone is 2. The lowest BCUT2D eigenvalue weighted by atomic mass is 9.99. The molecule has 1 rings (SSSR count). The predicted octanol–water partition coefficient (Wildman–Crippen LogP) is 17.9. The van der Waals surface area contributed by atoms with E-state index in [4.69, 9.17) is 9.47 Å². The summed E-state index contributed by atoms with van der Waals surface area (Å²) < 4.78 is 11.3. The monoisotopic (exact) mass is 1080 g/mol. The van der Waals surface area contributed by atoms with Gasteiger partial charge >= 0.3 is 0 Å². The summed E-state index contributed by atoms with van der Waals surface area (Å²) in [4.78, 5) is 13.1. The van der Waals surface area contributed by atoms with Crippen LogP contribution in [0.3, 0.4) is 0 Å². The van der Waals surface area contributed by atoms with Gasteiger partial charge in [-0.25, -0.2) is 0 Å². The minimum atomic E-state index is -1.55. The Morgan fingerprint density at radius 2 is 0.737 bits per heavy atom. The van der Waals surface area contributed by atoms with Crippen LogP contribution in [0.25, 0.3) is 0 Å². The van der Waals surface area contributed by atoms with Crippen molar-refractivity contribution < 1.29 is 39.8 Å². The molecule has 1 amide bonds. The zero-order valence-corrected chi connectivity index (χ0v) is 50.5. The second-order valence-electron chi connectivity index (χ2n) is 24.0. The lowest BCUT2D eigenvalue weighted by Crippen LogP contribution is -2.60. The van der Waals surface area contributed by atoms with E-state index in [1.807, 2.05) is 0 Å². The molecular weight excluding hydrogens is 947 g/mol. The molecule has 1 aliphatic heterocycles. The van der Waals surface area contributed by atoms with E-state index in [2.05, 4.69) is 31.3 Å². The number of aliphatic hydroxyl groups excluding tert-OH is 5. The van der Waals surface area contributed by atoms with Crippen LogP contribution in [-0.4, -0.2) is 87.5 Å². The smallest absolute Gasteiger partial charge is 0.220 e. The van der Waals surface area contributed by atoms with Gasteiger partial charge in [0.1, 0.15) is 24.4 Å². The van der Waals surface area contributed by atoms with Crippen LogP contribution in [-0.2, 0) is 14.3 Å². The van der Waals surface area contributed by atoms with E-state index in [1.165, 1.54) is 289 Å². The van der Waals surface area contributed by atoms with Crippen LogP contribution in [0.4, 0.5) is 0 Å². The maximum atomic E-state index is 13.1. The molecule has 6 N–H and O–H groups in total. The molecule has 1 saturated heterocycles. The van der Waals surface area contributed by atoms with Gasteiger partial charge in [0.2, 0.25) is 5.91 Å². The normalized spacial score (nSPS) is 18.8. The zero-order chi connectivity index (χ0) is 55.0. The SMILES string of the molecule is CCCCCCCCCC/C=C\CCCCCCCCCCCCCCCCCCCCCCCCCCCCCC(=O)NC(COC1OC(CO)C(O)C(O)C1O)C(O)CCCCCCCCCCCCCCCC. The topological polar surface area (TPSA) is 149 Å². The number of ether oxygens (including phenoxy) is 2. The lowest BCUT2D eigenvalue weighted by molar-refractivity contribution is -0.302. The summed E-state index contributed by atoms with van der Waals surface area (Å²) in [6.45, 7) is 3.88. The van der Waals surface area contributed by atoms with E-state index in [1.54, 1.807) is 0 Å². The Hall–Kier alpha value is -1.07. The first kappa shape index (κ1) is 72.9. The number of nitrogens with one attached hydrogen (secondary N) is 1. The first-order valence-corrected chi connectivity index (χ1v) is 33.9. The molecule has 0 aromatic rings. The number of rotatable bonds is 60. The number of hydrogen-bond acceptors (Lipinski definition) is 8. The molecule has 0 bridgehead atoms. The Morgan fingerprint density at radius 1 is 0.434 bits per heavy atom. The predicted molar refractivity (Wildman–Crippen MR) is 323 cm³/mol. The van der Waals surface area contributed by atoms with Crippen molar-refractivity contribution in [2.75, 3.05) is 13.2 Å². The van der Waals surface area contributed by atoms with Gasteiger partial charge in [-0.05, 0) is 38.5 Å². The summed E-state index contributed by atoms with van der Waals surface area (Å²) >= 11 is 0. The number of carbonyl (C=O) groups excluding carboxylic acids is 1. The highest BCUT2D eigenvalue weighted by Crippen LogP contribution is 2.24. The molecule has 1 heterocycles. The first-order valence-electron chi connectivity index (χ1n) is 33.9. The average molecular weight is 1080 g/mol. The number of unbranched alkanes of at least 4 members (excludes halogenated alkanes) is 48. The first-order chi connectivity index (χ1) is 37.3. The third-order valence-corrected chi connectivity index (χ3v) is 16.6. The third kappa shape index (κ3) is 45.6. The van der Waals surface area contributed by atoms with Crippen LogP contribution in [0.5, 0.6) is 0 Å². The van der Waals surface area contributed by atoms with E-state index in [-0.39, 0.29) is 12.5 Å². The summed E-state index contributed by atoms with van der Waals surface area (Å²) in [5, 5.41) is 54.7. The number of amides is 1. The Bertz CT molecular complexity index is 1200. The minimum Gasteiger partial charge on any atom is -0.394 e. The molecule has 7 atom stereocenters. The van der Waals surface area contributed by atoms with Crippen molar-refractivity contribution in [3.63, 3.8) is 0 Å². The van der Waals surface area contributed by atoms with Gasteiger partial charge in [-0.1, -0.05) is 321 Å². The second kappa shape index (κ2) is 57.2. The van der Waals surface area contributed by atoms with Crippen LogP contribution in [0, 0.1) is 0 Å². The highest BCUT2D eigenvalue weighted by molar-refractivity contribution is 5.76. The van der Waals surface area contributed by atoms with Crippen molar-refractivity contribution in [3.05, 3.63) is 12.2 Å². The maximum Gasteiger partial charge on any atom is 0.220 e. The molecule has 0 saturated carbocycles. The van der Waals surface area contributed by atoms with Crippen molar-refractivity contribution in [2.45, 2.75) is 397 Å². The van der Waals surface area contributed by atoms with Crippen molar-refractivity contribution in [1.82, 2.24) is 5.32 Å². The van der Waals surface area contributed by atoms with Gasteiger partial charge in [-0.15, -0.1) is 0 Å². The summed E-state index contributed by atoms with van der Waals surface area (Å²) in [7, 11) is 0. The molecule has 7 unspecified atom stereocenters. The van der Waals surface area contributed by atoms with Crippen molar-refractivity contribution in [2.24, 2.45) is 0 Å². The van der Waals surface area contributed by atoms with E-state index < -0.39 is 49.5 Å². The number of aliphatic hydroxyl groups is 5. The van der Waals surface area contributed by atoms with Gasteiger partial charge in [0, 0.05) is 6.42 Å². The van der Waals surface area contributed by atoms with Crippen LogP contribution in [0.1, 0.15) is 354 Å². The maximum absolute atomic E-state index is 13.1. The summed E-state index contributed by atoms with van der Waals surface area (Å²) in [6, 6.07) is -0.714. The Balaban J connectivity index is 2.00. The Kier molecular flexibility index (Phi) is 54.9. The zero-order valence-electron chi connectivity index (χ0n) is 50.5. The Labute approximate surface area is 471 Å². The molecule has 452 valence electrons. The van der Waals surface area contributed by atoms with Crippen LogP contribution in [0.15, 0.2) is 12.2 Å². The molecule has 9 heteroatoms. The molecule has 76 heavy (non-hydrogen) atoms. The molecule has 0 radical (unpaired) electrons. The van der Waals surface area contributed by atoms with E-state index in [0.29, 0.717) is 12.8 Å². The largest absolute Gasteiger partial charge is 0.394 e. The summed E-state index contributed by atoms with van der Waals surface area (Å²) in [6.07, 6.45) is 65.8. The lowest BCUT2D eigenvalue weighted by Gasteiger charge is -2.40. The summed E-state index contributed by atoms with van der Waals surface area (Å²) in [5.74, 6) is -0.136. The number of carbonyl (C=O) groups is 1. The summed E-state index contributed by atoms with van der Waals surface area (Å²) in [5.41, 5.74) is 0. The van der Waals surface area contributed by atoms with E-state index >= 15 is 0 Å². The van der Waals surface area contributed by atoms with Gasteiger partial charge in [-0.2, -0.15) is 0 Å². The minimum absolute atomic E-state index is 0.132. The van der Waals surface area contributed by atoms with Crippen LogP contribution < -0.4 is 5.32 Å². The van der Waals surface area contributed by atoms with Crippen molar-refractivity contribution in [1.29, 1.82) is 0 Å². The third-order valence-electron chi connectivity index (χ3n) is 16.6. The number of hydrogen-bond donors (Lipinski definition) is 6. The molecular formula is C67H131NO8. The fourth-order valence-corrected chi connectivity index (χ4v) is 11.3. The second-order valence-corrected chi connectivity index (χ2v) is 24.0. The quantitative estimate of drug-likeness (QED) is 0.0261. The molecule has 0 aromatic heterocycles. The van der Waals surface area contributed by atoms with Gasteiger partial charge in [0.05, 0.1) is 25.4 Å². The fraction of sp³-hybridized carbons (Fsp3) is 0.955. The molecule has 0 spiro atoms. The molecule has 1 fully saturated rings.